The molecule has 0 bridgehead atoms. The Labute approximate surface area is 138 Å². The maximum absolute atomic E-state index is 13.1. The number of aromatic nitrogens is 4. The van der Waals surface area contributed by atoms with Crippen molar-refractivity contribution in [3.63, 3.8) is 0 Å². The zero-order chi connectivity index (χ0) is 16.5. The second-order valence-electron chi connectivity index (χ2n) is 6.18. The molecule has 1 fully saturated rings. The summed E-state index contributed by atoms with van der Waals surface area (Å²) in [5.74, 6) is 1.45. The minimum atomic E-state index is -0.239. The van der Waals surface area contributed by atoms with Gasteiger partial charge in [-0.3, -0.25) is 10.00 Å². The molecular formula is C17H18FN5O. The van der Waals surface area contributed by atoms with Crippen LogP contribution in [0.4, 0.5) is 4.39 Å². The highest BCUT2D eigenvalue weighted by molar-refractivity contribution is 5.62. The normalized spacial score (nSPS) is 18.3. The number of nitrogens with one attached hydrogen (secondary N) is 1. The largest absolute Gasteiger partial charge is 0.339 e. The van der Waals surface area contributed by atoms with Crippen LogP contribution in [0.25, 0.3) is 11.3 Å². The van der Waals surface area contributed by atoms with E-state index in [1.54, 1.807) is 12.1 Å². The highest BCUT2D eigenvalue weighted by Crippen LogP contribution is 2.29. The zero-order valence-electron chi connectivity index (χ0n) is 13.4. The number of nitrogens with zero attached hydrogens (tertiary/aromatic N) is 4. The Balaban J connectivity index is 1.47. The summed E-state index contributed by atoms with van der Waals surface area (Å²) in [4.78, 5) is 6.69. The first-order chi connectivity index (χ1) is 11.7. The van der Waals surface area contributed by atoms with Gasteiger partial charge in [-0.25, -0.2) is 4.39 Å². The first-order valence-electron chi connectivity index (χ1n) is 8.00. The summed E-state index contributed by atoms with van der Waals surface area (Å²) in [6, 6.07) is 6.45. The predicted molar refractivity (Wildman–Crippen MR) is 85.7 cm³/mol. The number of likely N-dealkylation sites (tertiary alicyclic amines) is 1. The first-order valence-corrected chi connectivity index (χ1v) is 8.00. The van der Waals surface area contributed by atoms with E-state index in [1.807, 2.05) is 13.1 Å². The molecular weight excluding hydrogens is 309 g/mol. The van der Waals surface area contributed by atoms with Crippen LogP contribution in [0.3, 0.4) is 0 Å². The van der Waals surface area contributed by atoms with Gasteiger partial charge in [-0.05, 0) is 44.2 Å². The highest BCUT2D eigenvalue weighted by atomic mass is 19.1. The van der Waals surface area contributed by atoms with E-state index in [2.05, 4.69) is 25.2 Å². The lowest BCUT2D eigenvalue weighted by Crippen LogP contribution is -2.20. The molecule has 1 aromatic carbocycles. The molecule has 1 aliphatic heterocycles. The van der Waals surface area contributed by atoms with E-state index in [0.717, 1.165) is 48.8 Å². The van der Waals surface area contributed by atoms with Gasteiger partial charge >= 0.3 is 0 Å². The Kier molecular flexibility index (Phi) is 3.86. The Morgan fingerprint density at radius 3 is 2.92 bits per heavy atom. The molecule has 1 atom stereocenters. The molecule has 3 heterocycles. The third-order valence-electron chi connectivity index (χ3n) is 4.41. The number of benzene rings is 1. The second kappa shape index (κ2) is 6.16. The number of aryl methyl sites for hydroxylation is 1. The summed E-state index contributed by atoms with van der Waals surface area (Å²) >= 11 is 0. The van der Waals surface area contributed by atoms with Gasteiger partial charge in [0.25, 0.3) is 0 Å². The maximum Gasteiger partial charge on any atom is 0.231 e. The molecule has 124 valence electrons. The molecule has 2 aromatic heterocycles. The first kappa shape index (κ1) is 15.0. The molecule has 6 nitrogen and oxygen atoms in total. The molecule has 1 saturated heterocycles. The smallest absolute Gasteiger partial charge is 0.231 e. The van der Waals surface area contributed by atoms with Crippen molar-refractivity contribution in [2.24, 2.45) is 0 Å². The van der Waals surface area contributed by atoms with Crippen molar-refractivity contribution in [1.82, 2.24) is 25.2 Å². The molecule has 7 heteroatoms. The zero-order valence-corrected chi connectivity index (χ0v) is 13.4. The molecule has 1 unspecified atom stereocenters. The van der Waals surface area contributed by atoms with Crippen molar-refractivity contribution in [3.05, 3.63) is 53.6 Å². The fourth-order valence-electron chi connectivity index (χ4n) is 3.20. The number of rotatable bonds is 4. The molecule has 0 saturated carbocycles. The Hall–Kier alpha value is -2.54. The summed E-state index contributed by atoms with van der Waals surface area (Å²) in [6.07, 6.45) is 2.84. The molecule has 0 radical (unpaired) electrons. The minimum absolute atomic E-state index is 0.239. The van der Waals surface area contributed by atoms with E-state index in [4.69, 9.17) is 4.52 Å². The molecule has 0 aliphatic carbocycles. The number of aromatic amines is 1. The van der Waals surface area contributed by atoms with E-state index in [1.165, 1.54) is 12.1 Å². The molecule has 24 heavy (non-hydrogen) atoms. The van der Waals surface area contributed by atoms with Crippen LogP contribution >= 0.6 is 0 Å². The second-order valence-corrected chi connectivity index (χ2v) is 6.18. The number of halogens is 1. The average molecular weight is 327 g/mol. The molecule has 1 N–H and O–H groups in total. The van der Waals surface area contributed by atoms with E-state index in [0.29, 0.717) is 5.82 Å². The lowest BCUT2D eigenvalue weighted by Gasteiger charge is -2.15. The van der Waals surface area contributed by atoms with Gasteiger partial charge in [0.2, 0.25) is 5.89 Å². The standard InChI is InChI=1S/C17H18FN5O/c1-11-20-17(24-22-11)13-6-7-23(9-13)10-14-8-19-21-16(14)12-2-4-15(18)5-3-12/h2-5,8,13H,6-7,9-10H2,1H3,(H,19,21). The Bertz CT molecular complexity index is 826. The van der Waals surface area contributed by atoms with Crippen LogP contribution in [0.5, 0.6) is 0 Å². The van der Waals surface area contributed by atoms with Crippen molar-refractivity contribution in [3.8, 4) is 11.3 Å². The predicted octanol–water partition coefficient (Wildman–Crippen LogP) is 2.90. The SMILES string of the molecule is Cc1noc(C2CCN(Cc3cn[nH]c3-c3ccc(F)cc3)C2)n1. The monoisotopic (exact) mass is 327 g/mol. The molecule has 3 aromatic rings. The molecule has 0 amide bonds. The number of hydrogen-bond acceptors (Lipinski definition) is 5. The summed E-state index contributed by atoms with van der Waals surface area (Å²) < 4.78 is 18.4. The van der Waals surface area contributed by atoms with Crippen LogP contribution in [0, 0.1) is 12.7 Å². The van der Waals surface area contributed by atoms with Gasteiger partial charge in [0.05, 0.1) is 17.8 Å². The van der Waals surface area contributed by atoms with Gasteiger partial charge < -0.3 is 4.52 Å². The van der Waals surface area contributed by atoms with E-state index < -0.39 is 0 Å². The number of H-pyrrole nitrogens is 1. The number of hydrogen-bond donors (Lipinski definition) is 1. The van der Waals surface area contributed by atoms with Gasteiger partial charge in [-0.2, -0.15) is 10.1 Å². The summed E-state index contributed by atoms with van der Waals surface area (Å²) in [6.45, 7) is 4.47. The molecule has 1 aliphatic rings. The fourth-order valence-corrected chi connectivity index (χ4v) is 3.20. The summed E-state index contributed by atoms with van der Waals surface area (Å²) in [5, 5.41) is 11.1. The van der Waals surface area contributed by atoms with Crippen LogP contribution in [0.1, 0.15) is 29.6 Å². The maximum atomic E-state index is 13.1. The molecule has 0 spiro atoms. The van der Waals surface area contributed by atoms with E-state index >= 15 is 0 Å². The lowest BCUT2D eigenvalue weighted by molar-refractivity contribution is 0.309. The van der Waals surface area contributed by atoms with E-state index in [-0.39, 0.29) is 11.7 Å². The quantitative estimate of drug-likeness (QED) is 0.798. The lowest BCUT2D eigenvalue weighted by atomic mass is 10.1. The van der Waals surface area contributed by atoms with Crippen molar-refractivity contribution < 1.29 is 8.91 Å². The van der Waals surface area contributed by atoms with Crippen LogP contribution in [-0.4, -0.2) is 38.3 Å². The average Bonchev–Trinajstić information content (AvgIpc) is 3.30. The van der Waals surface area contributed by atoms with Crippen LogP contribution < -0.4 is 0 Å². The van der Waals surface area contributed by atoms with Gasteiger partial charge in [0.15, 0.2) is 5.82 Å². The summed E-state index contributed by atoms with van der Waals surface area (Å²) in [7, 11) is 0. The van der Waals surface area contributed by atoms with Crippen molar-refractivity contribution in [2.75, 3.05) is 13.1 Å². The summed E-state index contributed by atoms with van der Waals surface area (Å²) in [5.41, 5.74) is 2.98. The van der Waals surface area contributed by atoms with Gasteiger partial charge in [-0.15, -0.1) is 0 Å². The van der Waals surface area contributed by atoms with Gasteiger partial charge in [0.1, 0.15) is 5.82 Å². The fraction of sp³-hybridized carbons (Fsp3) is 0.353. The molecule has 4 rings (SSSR count). The third-order valence-corrected chi connectivity index (χ3v) is 4.41. The minimum Gasteiger partial charge on any atom is -0.339 e. The highest BCUT2D eigenvalue weighted by Gasteiger charge is 2.28. The van der Waals surface area contributed by atoms with E-state index in [9.17, 15) is 4.39 Å². The van der Waals surface area contributed by atoms with Crippen molar-refractivity contribution >= 4 is 0 Å². The van der Waals surface area contributed by atoms with Gasteiger partial charge in [-0.1, -0.05) is 5.16 Å². The van der Waals surface area contributed by atoms with Crippen LogP contribution in [0.2, 0.25) is 0 Å². The van der Waals surface area contributed by atoms with Crippen molar-refractivity contribution in [1.29, 1.82) is 0 Å². The topological polar surface area (TPSA) is 70.8 Å². The van der Waals surface area contributed by atoms with Crippen LogP contribution in [-0.2, 0) is 6.54 Å². The van der Waals surface area contributed by atoms with Crippen LogP contribution in [0.15, 0.2) is 35.0 Å². The third kappa shape index (κ3) is 2.94. The van der Waals surface area contributed by atoms with Crippen molar-refractivity contribution in [2.45, 2.75) is 25.8 Å². The Morgan fingerprint density at radius 1 is 1.33 bits per heavy atom. The van der Waals surface area contributed by atoms with Gasteiger partial charge in [0, 0.05) is 24.2 Å². The Morgan fingerprint density at radius 2 is 2.17 bits per heavy atom.